The van der Waals surface area contributed by atoms with Gasteiger partial charge in [0.15, 0.2) is 5.65 Å². The number of fused-ring (bicyclic) bond motifs is 1. The molecule has 0 aliphatic carbocycles. The fourth-order valence-corrected chi connectivity index (χ4v) is 1.43. The van der Waals surface area contributed by atoms with E-state index in [2.05, 4.69) is 15.4 Å². The van der Waals surface area contributed by atoms with Crippen molar-refractivity contribution in [3.8, 4) is 0 Å². The molecular formula is C11H15N5O. The van der Waals surface area contributed by atoms with Crippen LogP contribution in [0.15, 0.2) is 18.3 Å². The summed E-state index contributed by atoms with van der Waals surface area (Å²) >= 11 is 0. The number of pyridine rings is 1. The first-order valence-corrected chi connectivity index (χ1v) is 5.30. The molecule has 0 bridgehead atoms. The Morgan fingerprint density at radius 1 is 1.53 bits per heavy atom. The Balaban J connectivity index is 2.38. The molecule has 0 aliphatic rings. The lowest BCUT2D eigenvalue weighted by Gasteiger charge is -2.20. The molecule has 6 nitrogen and oxygen atoms in total. The minimum Gasteiger partial charge on any atom is -0.368 e. The van der Waals surface area contributed by atoms with E-state index in [1.54, 1.807) is 24.6 Å². The lowest BCUT2D eigenvalue weighted by atomic mass is 10.1. The molecule has 0 saturated carbocycles. The summed E-state index contributed by atoms with van der Waals surface area (Å²) < 4.78 is 1.66. The molecule has 1 amide bonds. The van der Waals surface area contributed by atoms with Gasteiger partial charge in [0, 0.05) is 6.20 Å². The number of nitrogens with zero attached hydrogens (tertiary/aromatic N) is 3. The minimum atomic E-state index is -0.876. The van der Waals surface area contributed by atoms with Crippen LogP contribution in [0, 0.1) is 6.92 Å². The van der Waals surface area contributed by atoms with Crippen molar-refractivity contribution in [2.24, 2.45) is 5.73 Å². The Kier molecular flexibility index (Phi) is 2.49. The van der Waals surface area contributed by atoms with Gasteiger partial charge in [-0.25, -0.2) is 4.52 Å². The summed E-state index contributed by atoms with van der Waals surface area (Å²) in [4.78, 5) is 15.5. The van der Waals surface area contributed by atoms with Gasteiger partial charge in [-0.3, -0.25) is 4.79 Å². The Morgan fingerprint density at radius 2 is 2.24 bits per heavy atom. The summed E-state index contributed by atoms with van der Waals surface area (Å²) in [5.74, 6) is -0.0591. The predicted molar refractivity (Wildman–Crippen MR) is 64.6 cm³/mol. The Labute approximate surface area is 98.8 Å². The zero-order chi connectivity index (χ0) is 12.6. The van der Waals surface area contributed by atoms with E-state index in [1.165, 1.54) is 0 Å². The lowest BCUT2D eigenvalue weighted by molar-refractivity contribution is -0.121. The van der Waals surface area contributed by atoms with E-state index in [1.807, 2.05) is 19.1 Å². The second-order valence-electron chi connectivity index (χ2n) is 4.51. The van der Waals surface area contributed by atoms with Crippen LogP contribution >= 0.6 is 0 Å². The number of aryl methyl sites for hydroxylation is 1. The molecule has 17 heavy (non-hydrogen) atoms. The van der Waals surface area contributed by atoms with E-state index in [4.69, 9.17) is 5.73 Å². The number of primary amides is 1. The lowest BCUT2D eigenvalue weighted by Crippen LogP contribution is -2.45. The van der Waals surface area contributed by atoms with Crippen molar-refractivity contribution < 1.29 is 4.79 Å². The fraction of sp³-hybridized carbons (Fsp3) is 0.364. The average molecular weight is 233 g/mol. The molecule has 0 radical (unpaired) electrons. The summed E-state index contributed by atoms with van der Waals surface area (Å²) in [5.41, 5.74) is 6.18. The van der Waals surface area contributed by atoms with Crippen molar-refractivity contribution in [3.05, 3.63) is 23.9 Å². The first-order chi connectivity index (χ1) is 7.90. The van der Waals surface area contributed by atoms with Crippen LogP contribution < -0.4 is 11.1 Å². The minimum absolute atomic E-state index is 0.392. The van der Waals surface area contributed by atoms with Gasteiger partial charge < -0.3 is 11.1 Å². The number of hydrogen-bond acceptors (Lipinski definition) is 4. The molecular weight excluding hydrogens is 218 g/mol. The summed E-state index contributed by atoms with van der Waals surface area (Å²) in [6.07, 6.45) is 1.80. The molecule has 90 valence electrons. The smallest absolute Gasteiger partial charge is 0.243 e. The molecule has 0 aromatic carbocycles. The number of carbonyl (C=O) groups excluding carboxylic acids is 1. The first-order valence-electron chi connectivity index (χ1n) is 5.30. The number of rotatable bonds is 3. The molecule has 6 heteroatoms. The zero-order valence-corrected chi connectivity index (χ0v) is 10.1. The van der Waals surface area contributed by atoms with E-state index in [0.717, 1.165) is 11.2 Å². The fourth-order valence-electron chi connectivity index (χ4n) is 1.43. The van der Waals surface area contributed by atoms with Gasteiger partial charge in [0.25, 0.3) is 0 Å². The normalized spacial score (nSPS) is 11.7. The van der Waals surface area contributed by atoms with E-state index in [-0.39, 0.29) is 0 Å². The van der Waals surface area contributed by atoms with Gasteiger partial charge in [-0.15, -0.1) is 5.10 Å². The topological polar surface area (TPSA) is 85.3 Å². The molecule has 0 unspecified atom stereocenters. The molecule has 0 aliphatic heterocycles. The highest BCUT2D eigenvalue weighted by Crippen LogP contribution is 2.14. The van der Waals surface area contributed by atoms with Crippen LogP contribution in [0.2, 0.25) is 0 Å². The van der Waals surface area contributed by atoms with Crippen molar-refractivity contribution in [3.63, 3.8) is 0 Å². The third kappa shape index (κ3) is 2.06. The molecule has 3 N–H and O–H groups in total. The molecule has 0 spiro atoms. The van der Waals surface area contributed by atoms with Crippen LogP contribution in [0.25, 0.3) is 5.65 Å². The number of carbonyl (C=O) groups is 1. The maximum Gasteiger partial charge on any atom is 0.243 e. The van der Waals surface area contributed by atoms with E-state index in [9.17, 15) is 4.79 Å². The van der Waals surface area contributed by atoms with Crippen LogP contribution in [0.5, 0.6) is 0 Å². The molecule has 2 rings (SSSR count). The number of amides is 1. The third-order valence-corrected chi connectivity index (χ3v) is 2.60. The van der Waals surface area contributed by atoms with Crippen LogP contribution in [0.4, 0.5) is 5.95 Å². The van der Waals surface area contributed by atoms with Crippen molar-refractivity contribution in [1.29, 1.82) is 0 Å². The van der Waals surface area contributed by atoms with Gasteiger partial charge >= 0.3 is 0 Å². The van der Waals surface area contributed by atoms with Gasteiger partial charge in [-0.05, 0) is 32.4 Å². The summed E-state index contributed by atoms with van der Waals surface area (Å²) in [5, 5.41) is 7.14. The third-order valence-electron chi connectivity index (χ3n) is 2.60. The van der Waals surface area contributed by atoms with Crippen LogP contribution in [-0.4, -0.2) is 26.0 Å². The summed E-state index contributed by atoms with van der Waals surface area (Å²) in [7, 11) is 0. The number of hydrogen-bond donors (Lipinski definition) is 2. The number of aromatic nitrogens is 3. The van der Waals surface area contributed by atoms with Gasteiger partial charge in [-0.1, -0.05) is 6.07 Å². The van der Waals surface area contributed by atoms with E-state index in [0.29, 0.717) is 5.95 Å². The highest BCUT2D eigenvalue weighted by molar-refractivity contribution is 5.86. The maximum absolute atomic E-state index is 11.2. The van der Waals surface area contributed by atoms with Crippen molar-refractivity contribution in [1.82, 2.24) is 14.6 Å². The van der Waals surface area contributed by atoms with Gasteiger partial charge in [0.1, 0.15) is 5.54 Å². The van der Waals surface area contributed by atoms with Gasteiger partial charge in [0.05, 0.1) is 0 Å². The summed E-state index contributed by atoms with van der Waals surface area (Å²) in [6, 6.07) is 3.84. The van der Waals surface area contributed by atoms with E-state index < -0.39 is 11.4 Å². The van der Waals surface area contributed by atoms with Gasteiger partial charge in [-0.2, -0.15) is 4.98 Å². The van der Waals surface area contributed by atoms with Crippen LogP contribution in [0.3, 0.4) is 0 Å². The second kappa shape index (κ2) is 3.73. The maximum atomic E-state index is 11.2. The monoisotopic (exact) mass is 233 g/mol. The standard InChI is InChI=1S/C11H15N5O/c1-7-5-4-6-16-8(7)13-10(15-16)14-11(2,3)9(12)17/h4-6H,1-3H3,(H2,12,17)(H,14,15). The Hall–Kier alpha value is -2.11. The zero-order valence-electron chi connectivity index (χ0n) is 10.1. The number of anilines is 1. The molecule has 0 saturated heterocycles. The molecule has 2 heterocycles. The van der Waals surface area contributed by atoms with Crippen molar-refractivity contribution in [2.45, 2.75) is 26.3 Å². The first kappa shape index (κ1) is 11.4. The molecule has 2 aromatic rings. The quantitative estimate of drug-likeness (QED) is 0.817. The number of nitrogens with one attached hydrogen (secondary N) is 1. The number of nitrogens with two attached hydrogens (primary N) is 1. The molecule has 0 atom stereocenters. The SMILES string of the molecule is Cc1cccn2nc(NC(C)(C)C(N)=O)nc12. The highest BCUT2D eigenvalue weighted by atomic mass is 16.1. The average Bonchev–Trinajstić information content (AvgIpc) is 2.60. The molecule has 2 aromatic heterocycles. The van der Waals surface area contributed by atoms with Crippen molar-refractivity contribution in [2.75, 3.05) is 5.32 Å². The van der Waals surface area contributed by atoms with Gasteiger partial charge in [0.2, 0.25) is 11.9 Å². The second-order valence-corrected chi connectivity index (χ2v) is 4.51. The largest absolute Gasteiger partial charge is 0.368 e. The Morgan fingerprint density at radius 3 is 2.82 bits per heavy atom. The predicted octanol–water partition coefficient (Wildman–Crippen LogP) is 0.714. The Bertz CT molecular complexity index is 572. The molecule has 0 fully saturated rings. The van der Waals surface area contributed by atoms with E-state index >= 15 is 0 Å². The van der Waals surface area contributed by atoms with Crippen molar-refractivity contribution >= 4 is 17.5 Å². The van der Waals surface area contributed by atoms with Crippen LogP contribution in [0.1, 0.15) is 19.4 Å². The highest BCUT2D eigenvalue weighted by Gasteiger charge is 2.26. The summed E-state index contributed by atoms with van der Waals surface area (Å²) in [6.45, 7) is 5.33. The van der Waals surface area contributed by atoms with Crippen LogP contribution in [-0.2, 0) is 4.79 Å².